The summed E-state index contributed by atoms with van der Waals surface area (Å²) in [7, 11) is 1.69. The third-order valence-corrected chi connectivity index (χ3v) is 1.32. The van der Waals surface area contributed by atoms with Crippen LogP contribution in [0.15, 0.2) is 0 Å². The van der Waals surface area contributed by atoms with Crippen LogP contribution in [0.4, 0.5) is 0 Å². The van der Waals surface area contributed by atoms with Crippen LogP contribution in [0, 0.1) is 0 Å². The topological polar surface area (TPSA) is 47.3 Å². The molecular formula is C6H16N2O. The Bertz CT molecular complexity index is 73.5. The molecule has 0 bridgehead atoms. The minimum absolute atomic E-state index is 0.00396. The van der Waals surface area contributed by atoms with Crippen molar-refractivity contribution in [1.82, 2.24) is 5.43 Å². The van der Waals surface area contributed by atoms with Gasteiger partial charge in [0.05, 0.1) is 0 Å². The summed E-state index contributed by atoms with van der Waals surface area (Å²) in [5.74, 6) is 5.24. The molecule has 0 amide bonds. The number of rotatable bonds is 4. The molecule has 0 aromatic carbocycles. The summed E-state index contributed by atoms with van der Waals surface area (Å²) >= 11 is 0. The summed E-state index contributed by atoms with van der Waals surface area (Å²) in [6.07, 6.45) is 0.931. The first-order valence-electron chi connectivity index (χ1n) is 3.09. The maximum atomic E-state index is 5.24. The van der Waals surface area contributed by atoms with Gasteiger partial charge in [-0.1, -0.05) is 0 Å². The molecule has 0 heterocycles. The SMILES string of the molecule is COCCC(C)(C)NN. The fourth-order valence-corrected chi connectivity index (χ4v) is 0.429. The van der Waals surface area contributed by atoms with Gasteiger partial charge in [0.1, 0.15) is 0 Å². The van der Waals surface area contributed by atoms with Gasteiger partial charge >= 0.3 is 0 Å². The molecule has 0 aliphatic carbocycles. The molecule has 0 atom stereocenters. The van der Waals surface area contributed by atoms with Crippen LogP contribution in [0.3, 0.4) is 0 Å². The molecule has 0 aliphatic rings. The van der Waals surface area contributed by atoms with Gasteiger partial charge < -0.3 is 4.74 Å². The lowest BCUT2D eigenvalue weighted by Gasteiger charge is -2.22. The Morgan fingerprint density at radius 1 is 1.56 bits per heavy atom. The molecule has 3 N–H and O–H groups in total. The molecule has 0 saturated carbocycles. The van der Waals surface area contributed by atoms with Crippen molar-refractivity contribution in [1.29, 1.82) is 0 Å². The highest BCUT2D eigenvalue weighted by Gasteiger charge is 2.13. The van der Waals surface area contributed by atoms with Crippen LogP contribution < -0.4 is 11.3 Å². The van der Waals surface area contributed by atoms with Crippen LogP contribution in [-0.2, 0) is 4.74 Å². The Hall–Kier alpha value is -0.120. The first kappa shape index (κ1) is 8.88. The van der Waals surface area contributed by atoms with E-state index in [1.165, 1.54) is 0 Å². The van der Waals surface area contributed by atoms with Gasteiger partial charge in [0.25, 0.3) is 0 Å². The molecule has 9 heavy (non-hydrogen) atoms. The Morgan fingerprint density at radius 3 is 2.44 bits per heavy atom. The highest BCUT2D eigenvalue weighted by atomic mass is 16.5. The van der Waals surface area contributed by atoms with E-state index in [9.17, 15) is 0 Å². The molecule has 0 spiro atoms. The van der Waals surface area contributed by atoms with E-state index in [0.717, 1.165) is 13.0 Å². The standard InChI is InChI=1S/C6H16N2O/c1-6(2,8-7)4-5-9-3/h8H,4-5,7H2,1-3H3. The molecule has 0 rings (SSSR count). The van der Waals surface area contributed by atoms with Crippen molar-refractivity contribution in [3.63, 3.8) is 0 Å². The fraction of sp³-hybridized carbons (Fsp3) is 1.00. The van der Waals surface area contributed by atoms with Crippen LogP contribution in [0.5, 0.6) is 0 Å². The summed E-state index contributed by atoms with van der Waals surface area (Å²) in [5.41, 5.74) is 2.69. The summed E-state index contributed by atoms with van der Waals surface area (Å²) in [5, 5.41) is 0. The second-order valence-corrected chi connectivity index (χ2v) is 2.77. The lowest BCUT2D eigenvalue weighted by Crippen LogP contribution is -2.44. The summed E-state index contributed by atoms with van der Waals surface area (Å²) < 4.78 is 4.88. The van der Waals surface area contributed by atoms with Gasteiger partial charge in [-0.15, -0.1) is 0 Å². The summed E-state index contributed by atoms with van der Waals surface area (Å²) in [6.45, 7) is 4.81. The van der Waals surface area contributed by atoms with Crippen LogP contribution >= 0.6 is 0 Å². The van der Waals surface area contributed by atoms with Gasteiger partial charge in [-0.3, -0.25) is 11.3 Å². The first-order valence-corrected chi connectivity index (χ1v) is 3.09. The van der Waals surface area contributed by atoms with Gasteiger partial charge in [-0.2, -0.15) is 0 Å². The van der Waals surface area contributed by atoms with E-state index in [1.807, 2.05) is 13.8 Å². The Labute approximate surface area is 56.5 Å². The molecule has 0 aliphatic heterocycles. The van der Waals surface area contributed by atoms with E-state index in [1.54, 1.807) is 7.11 Å². The van der Waals surface area contributed by atoms with Gasteiger partial charge in [0, 0.05) is 19.3 Å². The molecule has 0 saturated heterocycles. The van der Waals surface area contributed by atoms with Gasteiger partial charge in [-0.05, 0) is 20.3 Å². The highest BCUT2D eigenvalue weighted by Crippen LogP contribution is 2.04. The normalized spacial score (nSPS) is 12.0. The molecule has 0 aromatic heterocycles. The lowest BCUT2D eigenvalue weighted by molar-refractivity contribution is 0.165. The number of hydrazine groups is 1. The van der Waals surface area contributed by atoms with Crippen molar-refractivity contribution in [3.8, 4) is 0 Å². The number of nitrogens with two attached hydrogens (primary N) is 1. The molecule has 3 nitrogen and oxygen atoms in total. The molecule has 0 fully saturated rings. The maximum absolute atomic E-state index is 5.24. The van der Waals surface area contributed by atoms with Crippen LogP contribution in [-0.4, -0.2) is 19.3 Å². The van der Waals surface area contributed by atoms with E-state index in [0.29, 0.717) is 0 Å². The second-order valence-electron chi connectivity index (χ2n) is 2.77. The van der Waals surface area contributed by atoms with Gasteiger partial charge in [0.2, 0.25) is 0 Å². The molecule has 0 unspecified atom stereocenters. The monoisotopic (exact) mass is 132 g/mol. The lowest BCUT2D eigenvalue weighted by atomic mass is 10.0. The zero-order valence-electron chi connectivity index (χ0n) is 6.40. The van der Waals surface area contributed by atoms with E-state index in [4.69, 9.17) is 10.6 Å². The van der Waals surface area contributed by atoms with Crippen LogP contribution in [0.2, 0.25) is 0 Å². The molecule has 0 radical (unpaired) electrons. The van der Waals surface area contributed by atoms with Gasteiger partial charge in [-0.25, -0.2) is 0 Å². The van der Waals surface area contributed by atoms with E-state index in [-0.39, 0.29) is 5.54 Å². The zero-order valence-corrected chi connectivity index (χ0v) is 6.40. The van der Waals surface area contributed by atoms with Crippen molar-refractivity contribution in [2.45, 2.75) is 25.8 Å². The van der Waals surface area contributed by atoms with Crippen molar-refractivity contribution in [2.75, 3.05) is 13.7 Å². The predicted molar refractivity (Wildman–Crippen MR) is 37.9 cm³/mol. The average Bonchev–Trinajstić information content (AvgIpc) is 1.84. The smallest absolute Gasteiger partial charge is 0.0480 e. The molecule has 0 aromatic rings. The Kier molecular flexibility index (Phi) is 3.77. The van der Waals surface area contributed by atoms with Gasteiger partial charge in [0.15, 0.2) is 0 Å². The maximum Gasteiger partial charge on any atom is 0.0480 e. The number of methoxy groups -OCH3 is 1. The zero-order chi connectivity index (χ0) is 7.33. The number of nitrogens with one attached hydrogen (secondary N) is 1. The van der Waals surface area contributed by atoms with E-state index >= 15 is 0 Å². The molecule has 3 heteroatoms. The Balaban J connectivity index is 3.33. The number of ether oxygens (including phenoxy) is 1. The van der Waals surface area contributed by atoms with Crippen molar-refractivity contribution in [2.24, 2.45) is 5.84 Å². The first-order chi connectivity index (χ1) is 4.12. The fourth-order valence-electron chi connectivity index (χ4n) is 0.429. The third-order valence-electron chi connectivity index (χ3n) is 1.32. The molecule has 56 valence electrons. The van der Waals surface area contributed by atoms with Crippen molar-refractivity contribution in [3.05, 3.63) is 0 Å². The predicted octanol–water partition coefficient (Wildman–Crippen LogP) is 0.265. The molecular weight excluding hydrogens is 116 g/mol. The van der Waals surface area contributed by atoms with E-state index in [2.05, 4.69) is 5.43 Å². The summed E-state index contributed by atoms with van der Waals surface area (Å²) in [4.78, 5) is 0. The van der Waals surface area contributed by atoms with Crippen molar-refractivity contribution >= 4 is 0 Å². The number of hydrogen-bond acceptors (Lipinski definition) is 3. The number of hydrogen-bond donors (Lipinski definition) is 2. The van der Waals surface area contributed by atoms with E-state index < -0.39 is 0 Å². The van der Waals surface area contributed by atoms with Crippen LogP contribution in [0.25, 0.3) is 0 Å². The minimum atomic E-state index is -0.00396. The largest absolute Gasteiger partial charge is 0.385 e. The summed E-state index contributed by atoms with van der Waals surface area (Å²) in [6, 6.07) is 0. The van der Waals surface area contributed by atoms with Crippen LogP contribution in [0.1, 0.15) is 20.3 Å². The quantitative estimate of drug-likeness (QED) is 0.426. The second kappa shape index (κ2) is 3.82. The highest BCUT2D eigenvalue weighted by molar-refractivity contribution is 4.72. The van der Waals surface area contributed by atoms with Crippen molar-refractivity contribution < 1.29 is 4.74 Å². The third kappa shape index (κ3) is 4.39. The Morgan fingerprint density at radius 2 is 2.11 bits per heavy atom. The minimum Gasteiger partial charge on any atom is -0.385 e. The average molecular weight is 132 g/mol.